The van der Waals surface area contributed by atoms with Crippen LogP contribution in [0.3, 0.4) is 0 Å². The molecule has 1 aromatic rings. The largest absolute Gasteiger partial charge is 0.376 e. The number of non-ortho nitro benzene ring substituents is 1. The van der Waals surface area contributed by atoms with E-state index in [0.717, 1.165) is 38.2 Å². The zero-order chi connectivity index (χ0) is 16.3. The summed E-state index contributed by atoms with van der Waals surface area (Å²) in [6.45, 7) is 1.28. The Morgan fingerprint density at radius 3 is 2.68 bits per heavy atom. The van der Waals surface area contributed by atoms with E-state index in [0.29, 0.717) is 12.2 Å². The highest BCUT2D eigenvalue weighted by Gasteiger charge is 2.23. The van der Waals surface area contributed by atoms with Gasteiger partial charge in [0.1, 0.15) is 0 Å². The molecule has 0 aromatic heterocycles. The van der Waals surface area contributed by atoms with Crippen molar-refractivity contribution in [2.75, 3.05) is 31.4 Å². The normalized spacial score (nSPS) is 18.9. The molecule has 2 rings (SSSR count). The van der Waals surface area contributed by atoms with Gasteiger partial charge in [0.05, 0.1) is 21.6 Å². The van der Waals surface area contributed by atoms with Gasteiger partial charge in [0.2, 0.25) is 0 Å². The summed E-state index contributed by atoms with van der Waals surface area (Å²) in [6, 6.07) is 3.92. The molecule has 1 aliphatic rings. The summed E-state index contributed by atoms with van der Waals surface area (Å²) in [5.41, 5.74) is 0.230. The van der Waals surface area contributed by atoms with Crippen molar-refractivity contribution in [3.8, 4) is 0 Å². The molecule has 0 amide bonds. The lowest BCUT2D eigenvalue weighted by Gasteiger charge is -2.29. The lowest BCUT2D eigenvalue weighted by molar-refractivity contribution is -0.385. The van der Waals surface area contributed by atoms with E-state index in [1.54, 1.807) is 11.9 Å². The molecule has 0 saturated carbocycles. The van der Waals surface area contributed by atoms with Crippen molar-refractivity contribution >= 4 is 21.2 Å². The van der Waals surface area contributed by atoms with Gasteiger partial charge in [-0.2, -0.15) is 0 Å². The summed E-state index contributed by atoms with van der Waals surface area (Å²) in [5, 5.41) is 10.9. The standard InChI is InChI=1S/C14H20N2O5S/c1-15(10-12-5-3-4-8-21-12)13-7-6-11(16(17)18)9-14(13)22(2,19)20/h6-7,9,12H,3-5,8,10H2,1-2H3. The van der Waals surface area contributed by atoms with Gasteiger partial charge in [-0.05, 0) is 25.3 Å². The van der Waals surface area contributed by atoms with Crippen LogP contribution in [0.1, 0.15) is 19.3 Å². The maximum atomic E-state index is 11.9. The van der Waals surface area contributed by atoms with Crippen molar-refractivity contribution in [1.82, 2.24) is 0 Å². The fourth-order valence-corrected chi connectivity index (χ4v) is 3.52. The highest BCUT2D eigenvalue weighted by Crippen LogP contribution is 2.29. The minimum atomic E-state index is -3.56. The van der Waals surface area contributed by atoms with Crippen molar-refractivity contribution in [3.05, 3.63) is 28.3 Å². The second kappa shape index (κ2) is 6.62. The number of ether oxygens (including phenoxy) is 1. The molecule has 0 bridgehead atoms. The van der Waals surface area contributed by atoms with Crippen LogP contribution in [0, 0.1) is 10.1 Å². The maximum absolute atomic E-state index is 11.9. The molecule has 0 aliphatic carbocycles. The SMILES string of the molecule is CN(CC1CCCCO1)c1ccc([N+](=O)[O-])cc1S(C)(=O)=O. The summed E-state index contributed by atoms with van der Waals surface area (Å²) in [4.78, 5) is 12.0. The molecule has 0 radical (unpaired) electrons. The van der Waals surface area contributed by atoms with Crippen LogP contribution in [-0.2, 0) is 14.6 Å². The summed E-state index contributed by atoms with van der Waals surface area (Å²) < 4.78 is 29.5. The average Bonchev–Trinajstić information content (AvgIpc) is 2.46. The van der Waals surface area contributed by atoms with Gasteiger partial charge in [0, 0.05) is 38.6 Å². The lowest BCUT2D eigenvalue weighted by Crippen LogP contribution is -2.34. The van der Waals surface area contributed by atoms with Crippen molar-refractivity contribution in [2.45, 2.75) is 30.3 Å². The smallest absolute Gasteiger partial charge is 0.270 e. The Bertz CT molecular complexity index is 653. The minimum absolute atomic E-state index is 0.0278. The number of anilines is 1. The minimum Gasteiger partial charge on any atom is -0.376 e. The van der Waals surface area contributed by atoms with Gasteiger partial charge in [0.25, 0.3) is 5.69 Å². The molecule has 1 unspecified atom stereocenters. The van der Waals surface area contributed by atoms with Crippen LogP contribution in [0.4, 0.5) is 11.4 Å². The highest BCUT2D eigenvalue weighted by atomic mass is 32.2. The molecule has 1 aliphatic heterocycles. The molecule has 1 aromatic carbocycles. The first-order valence-electron chi connectivity index (χ1n) is 7.10. The van der Waals surface area contributed by atoms with Gasteiger partial charge in [0.15, 0.2) is 9.84 Å². The van der Waals surface area contributed by atoms with E-state index in [4.69, 9.17) is 4.74 Å². The lowest BCUT2D eigenvalue weighted by atomic mass is 10.1. The molecule has 1 atom stereocenters. The number of nitrogens with zero attached hydrogens (tertiary/aromatic N) is 2. The Morgan fingerprint density at radius 2 is 2.14 bits per heavy atom. The number of sulfone groups is 1. The Balaban J connectivity index is 2.30. The first-order chi connectivity index (χ1) is 10.3. The third-order valence-electron chi connectivity index (χ3n) is 3.72. The molecule has 0 N–H and O–H groups in total. The number of likely N-dealkylation sites (N-methyl/N-ethyl adjacent to an activating group) is 1. The second-order valence-corrected chi connectivity index (χ2v) is 7.53. The van der Waals surface area contributed by atoms with Gasteiger partial charge in [-0.15, -0.1) is 0 Å². The summed E-state index contributed by atoms with van der Waals surface area (Å²) in [5.74, 6) is 0. The number of rotatable bonds is 5. The Hall–Kier alpha value is -1.67. The first kappa shape index (κ1) is 16.7. The maximum Gasteiger partial charge on any atom is 0.270 e. The van der Waals surface area contributed by atoms with E-state index in [9.17, 15) is 18.5 Å². The quantitative estimate of drug-likeness (QED) is 0.606. The summed E-state index contributed by atoms with van der Waals surface area (Å²) in [6.07, 6.45) is 4.19. The van der Waals surface area contributed by atoms with Crippen LogP contribution in [0.5, 0.6) is 0 Å². The van der Waals surface area contributed by atoms with Crippen LogP contribution >= 0.6 is 0 Å². The zero-order valence-electron chi connectivity index (χ0n) is 12.7. The number of hydrogen-bond donors (Lipinski definition) is 0. The van der Waals surface area contributed by atoms with Crippen LogP contribution in [-0.4, -0.2) is 45.9 Å². The fraction of sp³-hybridized carbons (Fsp3) is 0.571. The molecule has 1 saturated heterocycles. The monoisotopic (exact) mass is 328 g/mol. The van der Waals surface area contributed by atoms with E-state index in [2.05, 4.69) is 0 Å². The topological polar surface area (TPSA) is 89.8 Å². The zero-order valence-corrected chi connectivity index (χ0v) is 13.5. The van der Waals surface area contributed by atoms with Gasteiger partial charge >= 0.3 is 0 Å². The van der Waals surface area contributed by atoms with E-state index >= 15 is 0 Å². The molecule has 8 heteroatoms. The third-order valence-corrected chi connectivity index (χ3v) is 4.84. The Labute approximate surface area is 129 Å². The van der Waals surface area contributed by atoms with Crippen LogP contribution < -0.4 is 4.90 Å². The first-order valence-corrected chi connectivity index (χ1v) is 8.99. The van der Waals surface area contributed by atoms with E-state index in [-0.39, 0.29) is 16.7 Å². The molecule has 22 heavy (non-hydrogen) atoms. The highest BCUT2D eigenvalue weighted by molar-refractivity contribution is 7.90. The fourth-order valence-electron chi connectivity index (χ4n) is 2.58. The average molecular weight is 328 g/mol. The molecule has 1 fully saturated rings. The Morgan fingerprint density at radius 1 is 1.41 bits per heavy atom. The molecular formula is C14H20N2O5S. The van der Waals surface area contributed by atoms with Crippen molar-refractivity contribution in [2.24, 2.45) is 0 Å². The van der Waals surface area contributed by atoms with Crippen molar-refractivity contribution < 1.29 is 18.1 Å². The molecule has 1 heterocycles. The number of benzene rings is 1. The summed E-state index contributed by atoms with van der Waals surface area (Å²) >= 11 is 0. The molecule has 7 nitrogen and oxygen atoms in total. The van der Waals surface area contributed by atoms with E-state index in [1.807, 2.05) is 0 Å². The van der Waals surface area contributed by atoms with Gasteiger partial charge in [-0.1, -0.05) is 0 Å². The van der Waals surface area contributed by atoms with Gasteiger partial charge < -0.3 is 9.64 Å². The van der Waals surface area contributed by atoms with Gasteiger partial charge in [-0.25, -0.2) is 8.42 Å². The number of nitro groups is 1. The van der Waals surface area contributed by atoms with E-state index < -0.39 is 14.8 Å². The van der Waals surface area contributed by atoms with Crippen molar-refractivity contribution in [3.63, 3.8) is 0 Å². The van der Waals surface area contributed by atoms with E-state index in [1.165, 1.54) is 12.1 Å². The summed E-state index contributed by atoms with van der Waals surface area (Å²) in [7, 11) is -1.79. The number of nitro benzene ring substituents is 1. The second-order valence-electron chi connectivity index (χ2n) is 5.55. The predicted molar refractivity (Wildman–Crippen MR) is 83.1 cm³/mol. The molecule has 122 valence electrons. The van der Waals surface area contributed by atoms with Crippen molar-refractivity contribution in [1.29, 1.82) is 0 Å². The Kier molecular flexibility index (Phi) is 5.02. The van der Waals surface area contributed by atoms with Crippen LogP contribution in [0.15, 0.2) is 23.1 Å². The number of hydrogen-bond acceptors (Lipinski definition) is 6. The third kappa shape index (κ3) is 3.95. The van der Waals surface area contributed by atoms with Gasteiger partial charge in [-0.3, -0.25) is 10.1 Å². The predicted octanol–water partition coefficient (Wildman–Crippen LogP) is 2.00. The van der Waals surface area contributed by atoms with Crippen LogP contribution in [0.25, 0.3) is 0 Å². The van der Waals surface area contributed by atoms with Crippen LogP contribution in [0.2, 0.25) is 0 Å². The molecule has 0 spiro atoms. The molecular weight excluding hydrogens is 308 g/mol.